The van der Waals surface area contributed by atoms with Gasteiger partial charge in [0.1, 0.15) is 0 Å². The maximum absolute atomic E-state index is 4.74. The SMILES string of the molecule is CCC1(CC)CN=C(Nc2cnc3ccccc3c2)SC1. The van der Waals surface area contributed by atoms with Crippen molar-refractivity contribution in [3.8, 4) is 0 Å². The second-order valence-electron chi connectivity index (χ2n) is 5.66. The van der Waals surface area contributed by atoms with Crippen LogP contribution in [0.15, 0.2) is 41.5 Å². The summed E-state index contributed by atoms with van der Waals surface area (Å²) in [5.41, 5.74) is 2.43. The van der Waals surface area contributed by atoms with Crippen molar-refractivity contribution in [1.29, 1.82) is 0 Å². The van der Waals surface area contributed by atoms with Crippen molar-refractivity contribution in [2.24, 2.45) is 10.4 Å². The van der Waals surface area contributed by atoms with Gasteiger partial charge in [-0.1, -0.05) is 43.8 Å². The van der Waals surface area contributed by atoms with Gasteiger partial charge in [0.25, 0.3) is 0 Å². The molecule has 0 bridgehead atoms. The van der Waals surface area contributed by atoms with E-state index in [1.54, 1.807) is 0 Å². The molecule has 3 nitrogen and oxygen atoms in total. The average molecular weight is 299 g/mol. The van der Waals surface area contributed by atoms with E-state index in [0.717, 1.165) is 34.1 Å². The lowest BCUT2D eigenvalue weighted by molar-refractivity contribution is 0.318. The summed E-state index contributed by atoms with van der Waals surface area (Å²) >= 11 is 1.83. The molecule has 3 rings (SSSR count). The number of hydrogen-bond acceptors (Lipinski definition) is 4. The summed E-state index contributed by atoms with van der Waals surface area (Å²) in [7, 11) is 0. The monoisotopic (exact) mass is 299 g/mol. The molecule has 0 radical (unpaired) electrons. The van der Waals surface area contributed by atoms with E-state index in [1.165, 1.54) is 12.8 Å². The first kappa shape index (κ1) is 14.4. The lowest BCUT2D eigenvalue weighted by atomic mass is 9.84. The topological polar surface area (TPSA) is 37.3 Å². The van der Waals surface area contributed by atoms with Crippen LogP contribution in [-0.2, 0) is 0 Å². The van der Waals surface area contributed by atoms with Crippen LogP contribution < -0.4 is 5.32 Å². The number of pyridine rings is 1. The van der Waals surface area contributed by atoms with Gasteiger partial charge in [-0.05, 0) is 30.4 Å². The third-order valence-electron chi connectivity index (χ3n) is 4.41. The zero-order chi connectivity index (χ0) is 14.7. The highest BCUT2D eigenvalue weighted by Crippen LogP contribution is 2.35. The Labute approximate surface area is 130 Å². The third-order valence-corrected chi connectivity index (χ3v) is 5.68. The molecular formula is C17H21N3S. The van der Waals surface area contributed by atoms with Gasteiger partial charge in [0.2, 0.25) is 0 Å². The first-order valence-electron chi connectivity index (χ1n) is 7.54. The lowest BCUT2D eigenvalue weighted by Gasteiger charge is -2.33. The van der Waals surface area contributed by atoms with Gasteiger partial charge in [0.05, 0.1) is 17.4 Å². The van der Waals surface area contributed by atoms with Crippen LogP contribution in [0, 0.1) is 5.41 Å². The van der Waals surface area contributed by atoms with E-state index in [2.05, 4.69) is 36.3 Å². The summed E-state index contributed by atoms with van der Waals surface area (Å²) in [4.78, 5) is 9.22. The largest absolute Gasteiger partial charge is 0.334 e. The fraction of sp³-hybridized carbons (Fsp3) is 0.412. The quantitative estimate of drug-likeness (QED) is 0.903. The van der Waals surface area contributed by atoms with E-state index in [1.807, 2.05) is 36.2 Å². The minimum Gasteiger partial charge on any atom is -0.334 e. The standard InChI is InChI=1S/C17H21N3S/c1-3-17(4-2)11-19-16(21-12-17)20-14-9-13-7-5-6-8-15(13)18-10-14/h5-10H,3-4,11-12H2,1-2H3,(H,19,20). The molecule has 1 aromatic heterocycles. The molecule has 0 saturated carbocycles. The number of benzene rings is 1. The predicted molar refractivity (Wildman–Crippen MR) is 93.1 cm³/mol. The molecule has 1 N–H and O–H groups in total. The summed E-state index contributed by atoms with van der Waals surface area (Å²) in [6.07, 6.45) is 4.28. The molecule has 0 atom stereocenters. The molecule has 1 aromatic carbocycles. The summed E-state index contributed by atoms with van der Waals surface area (Å²) in [5.74, 6) is 1.15. The normalized spacial score (nSPS) is 17.5. The molecule has 1 aliphatic heterocycles. The summed E-state index contributed by atoms with van der Waals surface area (Å²) in [6, 6.07) is 10.3. The number of aliphatic imine (C=N–C) groups is 1. The van der Waals surface area contributed by atoms with Crippen molar-refractivity contribution in [3.63, 3.8) is 0 Å². The van der Waals surface area contributed by atoms with Crippen molar-refractivity contribution in [3.05, 3.63) is 36.5 Å². The first-order valence-corrected chi connectivity index (χ1v) is 8.52. The summed E-state index contributed by atoms with van der Waals surface area (Å²) in [6.45, 7) is 5.47. The maximum Gasteiger partial charge on any atom is 0.161 e. The number of nitrogens with zero attached hydrogens (tertiary/aromatic N) is 2. The lowest BCUT2D eigenvalue weighted by Crippen LogP contribution is -2.32. The van der Waals surface area contributed by atoms with Crippen LogP contribution >= 0.6 is 11.8 Å². The fourth-order valence-corrected chi connectivity index (χ4v) is 3.86. The Kier molecular flexibility index (Phi) is 4.15. The Bertz CT molecular complexity index is 662. The van der Waals surface area contributed by atoms with Gasteiger partial charge in [-0.25, -0.2) is 0 Å². The van der Waals surface area contributed by atoms with Crippen molar-refractivity contribution in [2.45, 2.75) is 26.7 Å². The Morgan fingerprint density at radius 1 is 1.24 bits per heavy atom. The van der Waals surface area contributed by atoms with Crippen LogP contribution in [0.25, 0.3) is 10.9 Å². The number of anilines is 1. The highest BCUT2D eigenvalue weighted by molar-refractivity contribution is 8.14. The van der Waals surface area contributed by atoms with Gasteiger partial charge < -0.3 is 5.32 Å². The van der Waals surface area contributed by atoms with Crippen LogP contribution in [-0.4, -0.2) is 22.4 Å². The smallest absolute Gasteiger partial charge is 0.161 e. The maximum atomic E-state index is 4.74. The number of aromatic nitrogens is 1. The van der Waals surface area contributed by atoms with Crippen molar-refractivity contribution in [2.75, 3.05) is 17.6 Å². The molecule has 2 aromatic rings. The molecule has 0 saturated heterocycles. The third kappa shape index (κ3) is 3.05. The second kappa shape index (κ2) is 6.06. The van der Waals surface area contributed by atoms with E-state index < -0.39 is 0 Å². The van der Waals surface area contributed by atoms with E-state index >= 15 is 0 Å². The number of rotatable bonds is 3. The van der Waals surface area contributed by atoms with E-state index in [9.17, 15) is 0 Å². The van der Waals surface area contributed by atoms with Crippen LogP contribution in [0.3, 0.4) is 0 Å². The average Bonchev–Trinajstić information content (AvgIpc) is 2.56. The van der Waals surface area contributed by atoms with Crippen LogP contribution in [0.4, 0.5) is 5.69 Å². The number of nitrogens with one attached hydrogen (secondary N) is 1. The van der Waals surface area contributed by atoms with Gasteiger partial charge in [-0.2, -0.15) is 0 Å². The molecular weight excluding hydrogens is 278 g/mol. The Hall–Kier alpha value is -1.55. The van der Waals surface area contributed by atoms with Gasteiger partial charge in [-0.3, -0.25) is 9.98 Å². The Morgan fingerprint density at radius 2 is 2.05 bits per heavy atom. The molecule has 0 unspecified atom stereocenters. The van der Waals surface area contributed by atoms with Gasteiger partial charge in [0.15, 0.2) is 5.17 Å². The molecule has 1 aliphatic rings. The molecule has 0 spiro atoms. The zero-order valence-corrected chi connectivity index (χ0v) is 13.4. The number of amidine groups is 1. The number of hydrogen-bond donors (Lipinski definition) is 1. The Morgan fingerprint density at radius 3 is 2.76 bits per heavy atom. The van der Waals surface area contributed by atoms with Crippen LogP contribution in [0.5, 0.6) is 0 Å². The highest BCUT2D eigenvalue weighted by Gasteiger charge is 2.30. The zero-order valence-electron chi connectivity index (χ0n) is 12.6. The molecule has 0 fully saturated rings. The second-order valence-corrected chi connectivity index (χ2v) is 6.62. The number of para-hydroxylation sites is 1. The van der Waals surface area contributed by atoms with E-state index in [4.69, 9.17) is 4.99 Å². The highest BCUT2D eigenvalue weighted by atomic mass is 32.2. The molecule has 110 valence electrons. The van der Waals surface area contributed by atoms with Crippen LogP contribution in [0.1, 0.15) is 26.7 Å². The molecule has 4 heteroatoms. The van der Waals surface area contributed by atoms with E-state index in [0.29, 0.717) is 5.41 Å². The van der Waals surface area contributed by atoms with Gasteiger partial charge in [-0.15, -0.1) is 0 Å². The van der Waals surface area contributed by atoms with Crippen molar-refractivity contribution in [1.82, 2.24) is 4.98 Å². The molecule has 2 heterocycles. The van der Waals surface area contributed by atoms with E-state index in [-0.39, 0.29) is 0 Å². The number of thioether (sulfide) groups is 1. The Balaban J connectivity index is 1.75. The molecule has 0 aliphatic carbocycles. The van der Waals surface area contributed by atoms with Crippen molar-refractivity contribution < 1.29 is 0 Å². The van der Waals surface area contributed by atoms with Crippen molar-refractivity contribution >= 4 is 33.5 Å². The summed E-state index contributed by atoms with van der Waals surface area (Å²) < 4.78 is 0. The minimum atomic E-state index is 0.386. The van der Waals surface area contributed by atoms with Gasteiger partial charge >= 0.3 is 0 Å². The molecule has 0 amide bonds. The van der Waals surface area contributed by atoms with Crippen LogP contribution in [0.2, 0.25) is 0 Å². The summed E-state index contributed by atoms with van der Waals surface area (Å²) in [5, 5.41) is 5.58. The minimum absolute atomic E-state index is 0.386. The first-order chi connectivity index (χ1) is 10.2. The number of fused-ring (bicyclic) bond motifs is 1. The predicted octanol–water partition coefficient (Wildman–Crippen LogP) is 4.56. The molecule has 21 heavy (non-hydrogen) atoms. The van der Waals surface area contributed by atoms with Gasteiger partial charge in [0, 0.05) is 17.7 Å². The fourth-order valence-electron chi connectivity index (χ4n) is 2.57.